The molecule has 0 saturated carbocycles. The molecule has 1 amide bonds. The highest BCUT2D eigenvalue weighted by atomic mass is 16.6. The fourth-order valence-electron chi connectivity index (χ4n) is 4.29. The van der Waals surface area contributed by atoms with Gasteiger partial charge < -0.3 is 15.0 Å². The zero-order chi connectivity index (χ0) is 23.5. The van der Waals surface area contributed by atoms with Crippen molar-refractivity contribution < 1.29 is 19.2 Å². The maximum atomic E-state index is 13.1. The summed E-state index contributed by atoms with van der Waals surface area (Å²) in [7, 11) is 3.39. The van der Waals surface area contributed by atoms with Gasteiger partial charge in [0.1, 0.15) is 5.75 Å². The second-order valence-electron chi connectivity index (χ2n) is 7.96. The maximum absolute atomic E-state index is 13.1. The van der Waals surface area contributed by atoms with Crippen LogP contribution >= 0.6 is 0 Å². The molecule has 1 N–H and O–H groups in total. The summed E-state index contributed by atoms with van der Waals surface area (Å²) in [5.41, 5.74) is 3.43. The van der Waals surface area contributed by atoms with Crippen LogP contribution in [-0.4, -0.2) is 43.9 Å². The Kier molecular flexibility index (Phi) is 6.08. The Labute approximate surface area is 190 Å². The minimum atomic E-state index is -0.541. The van der Waals surface area contributed by atoms with Gasteiger partial charge in [0.25, 0.3) is 11.6 Å². The predicted octanol–water partition coefficient (Wildman–Crippen LogP) is 3.87. The van der Waals surface area contributed by atoms with E-state index in [0.717, 1.165) is 11.3 Å². The quantitative estimate of drug-likeness (QED) is 0.351. The number of rotatable bonds is 6. The lowest BCUT2D eigenvalue weighted by Crippen LogP contribution is -2.47. The number of nitrogens with zero attached hydrogens (tertiary/aromatic N) is 2. The van der Waals surface area contributed by atoms with Gasteiger partial charge in [0.2, 0.25) is 0 Å². The number of aldehydes is 1. The van der Waals surface area contributed by atoms with Crippen molar-refractivity contribution in [2.45, 2.75) is 12.5 Å². The van der Waals surface area contributed by atoms with Crippen molar-refractivity contribution in [2.24, 2.45) is 0 Å². The Balaban J connectivity index is 1.68. The van der Waals surface area contributed by atoms with Gasteiger partial charge in [0.15, 0.2) is 6.29 Å². The summed E-state index contributed by atoms with van der Waals surface area (Å²) in [5.74, 6) is -0.104. The highest BCUT2D eigenvalue weighted by molar-refractivity contribution is 5.97. The molecule has 0 aromatic heterocycles. The minimum absolute atomic E-state index is 0.145. The van der Waals surface area contributed by atoms with E-state index in [1.54, 1.807) is 24.3 Å². The number of para-hydroxylation sites is 2. The Morgan fingerprint density at radius 1 is 1.18 bits per heavy atom. The summed E-state index contributed by atoms with van der Waals surface area (Å²) in [4.78, 5) is 37.7. The molecular formula is C25H23N3O5. The molecule has 4 rings (SSSR count). The number of nitro benzene ring substituents is 1. The number of hydrogen-bond acceptors (Lipinski definition) is 6. The number of nitro groups is 1. The second kappa shape index (κ2) is 9.12. The highest BCUT2D eigenvalue weighted by Gasteiger charge is 2.25. The normalized spacial score (nSPS) is 14.8. The van der Waals surface area contributed by atoms with Crippen LogP contribution < -0.4 is 15.0 Å². The van der Waals surface area contributed by atoms with E-state index in [1.807, 2.05) is 31.3 Å². The van der Waals surface area contributed by atoms with Crippen LogP contribution in [0.25, 0.3) is 11.1 Å². The van der Waals surface area contributed by atoms with E-state index in [1.165, 1.54) is 19.2 Å². The summed E-state index contributed by atoms with van der Waals surface area (Å²) < 4.78 is 5.38. The molecule has 3 aromatic rings. The molecule has 1 heterocycles. The average Bonchev–Trinajstić information content (AvgIpc) is 2.83. The molecule has 0 fully saturated rings. The fourth-order valence-corrected chi connectivity index (χ4v) is 4.29. The van der Waals surface area contributed by atoms with Crippen LogP contribution in [0.2, 0.25) is 0 Å². The van der Waals surface area contributed by atoms with Crippen molar-refractivity contribution in [3.05, 3.63) is 87.5 Å². The SMILES string of the molecule is COc1c(C=O)cccc1-c1cc(C(=O)N[C@H]2Cc3ccccc3N(C)C2)cc([N+](=O)[O-])c1. The second-order valence-corrected chi connectivity index (χ2v) is 7.96. The number of ether oxygens (including phenoxy) is 1. The van der Waals surface area contributed by atoms with E-state index in [2.05, 4.69) is 10.2 Å². The van der Waals surface area contributed by atoms with Gasteiger partial charge >= 0.3 is 0 Å². The molecule has 33 heavy (non-hydrogen) atoms. The molecule has 0 radical (unpaired) electrons. The number of anilines is 1. The topological polar surface area (TPSA) is 102 Å². The molecule has 0 bridgehead atoms. The third kappa shape index (κ3) is 4.41. The lowest BCUT2D eigenvalue weighted by atomic mass is 9.97. The van der Waals surface area contributed by atoms with Crippen molar-refractivity contribution in [3.63, 3.8) is 0 Å². The first-order valence-electron chi connectivity index (χ1n) is 10.4. The number of carbonyl (C=O) groups is 2. The molecule has 3 aromatic carbocycles. The predicted molar refractivity (Wildman–Crippen MR) is 125 cm³/mol. The average molecular weight is 445 g/mol. The Bertz CT molecular complexity index is 1240. The summed E-state index contributed by atoms with van der Waals surface area (Å²) in [6.07, 6.45) is 1.33. The number of carbonyl (C=O) groups excluding carboxylic acids is 2. The molecule has 0 spiro atoms. The summed E-state index contributed by atoms with van der Waals surface area (Å²) >= 11 is 0. The maximum Gasteiger partial charge on any atom is 0.270 e. The van der Waals surface area contributed by atoms with E-state index in [9.17, 15) is 19.7 Å². The van der Waals surface area contributed by atoms with Crippen molar-refractivity contribution in [1.82, 2.24) is 5.32 Å². The first-order chi connectivity index (χ1) is 15.9. The number of fused-ring (bicyclic) bond motifs is 1. The molecule has 0 aliphatic carbocycles. The van der Waals surface area contributed by atoms with Crippen LogP contribution in [0.5, 0.6) is 5.75 Å². The standard InChI is InChI=1S/C25H23N3O5/c1-27-14-20(11-16-6-3-4-9-23(16)27)26-25(30)19-10-18(12-21(13-19)28(31)32)22-8-5-7-17(15-29)24(22)33-2/h3-10,12-13,15,20H,11,14H2,1-2H3,(H,26,30)/t20-/m0/s1. The molecular weight excluding hydrogens is 422 g/mol. The molecule has 8 heteroatoms. The molecule has 1 atom stereocenters. The zero-order valence-electron chi connectivity index (χ0n) is 18.3. The summed E-state index contributed by atoms with van der Waals surface area (Å²) in [5, 5.41) is 14.6. The lowest BCUT2D eigenvalue weighted by Gasteiger charge is -2.33. The number of non-ortho nitro benzene ring substituents is 1. The van der Waals surface area contributed by atoms with Gasteiger partial charge in [-0.05, 0) is 35.7 Å². The molecule has 0 saturated heterocycles. The van der Waals surface area contributed by atoms with Gasteiger partial charge in [0, 0.05) is 42.5 Å². The van der Waals surface area contributed by atoms with Crippen LogP contribution in [-0.2, 0) is 6.42 Å². The highest BCUT2D eigenvalue weighted by Crippen LogP contribution is 2.35. The third-order valence-corrected chi connectivity index (χ3v) is 5.78. The first kappa shape index (κ1) is 22.0. The Morgan fingerprint density at radius 3 is 2.70 bits per heavy atom. The van der Waals surface area contributed by atoms with Crippen molar-refractivity contribution in [1.29, 1.82) is 0 Å². The lowest BCUT2D eigenvalue weighted by molar-refractivity contribution is -0.384. The monoisotopic (exact) mass is 445 g/mol. The third-order valence-electron chi connectivity index (χ3n) is 5.78. The van der Waals surface area contributed by atoms with Crippen LogP contribution in [0.15, 0.2) is 60.7 Å². The van der Waals surface area contributed by atoms with Gasteiger partial charge in [-0.25, -0.2) is 0 Å². The van der Waals surface area contributed by atoms with Crippen LogP contribution in [0.3, 0.4) is 0 Å². The number of benzene rings is 3. The fraction of sp³-hybridized carbons (Fsp3) is 0.200. The molecule has 8 nitrogen and oxygen atoms in total. The number of methoxy groups -OCH3 is 1. The van der Waals surface area contributed by atoms with Crippen LogP contribution in [0.4, 0.5) is 11.4 Å². The van der Waals surface area contributed by atoms with E-state index < -0.39 is 10.8 Å². The smallest absolute Gasteiger partial charge is 0.270 e. The van der Waals surface area contributed by atoms with Gasteiger partial charge in [0.05, 0.1) is 23.6 Å². The number of nitrogens with one attached hydrogen (secondary N) is 1. The van der Waals surface area contributed by atoms with Gasteiger partial charge in [-0.3, -0.25) is 19.7 Å². The number of amides is 1. The van der Waals surface area contributed by atoms with Gasteiger partial charge in [-0.1, -0.05) is 30.3 Å². The van der Waals surface area contributed by atoms with Crippen LogP contribution in [0, 0.1) is 10.1 Å². The molecule has 1 aliphatic heterocycles. The minimum Gasteiger partial charge on any atom is -0.495 e. The Hall–Kier alpha value is -4.20. The number of likely N-dealkylation sites (N-methyl/N-ethyl adjacent to an activating group) is 1. The van der Waals surface area contributed by atoms with E-state index in [4.69, 9.17) is 4.74 Å². The molecule has 0 unspecified atom stereocenters. The van der Waals surface area contributed by atoms with Crippen molar-refractivity contribution >= 4 is 23.6 Å². The number of hydrogen-bond donors (Lipinski definition) is 1. The summed E-state index contributed by atoms with van der Waals surface area (Å²) in [6, 6.07) is 17.0. The van der Waals surface area contributed by atoms with E-state index >= 15 is 0 Å². The van der Waals surface area contributed by atoms with Gasteiger partial charge in [-0.2, -0.15) is 0 Å². The van der Waals surface area contributed by atoms with Crippen molar-refractivity contribution in [2.75, 3.05) is 25.6 Å². The van der Waals surface area contributed by atoms with E-state index in [-0.39, 0.29) is 17.3 Å². The van der Waals surface area contributed by atoms with E-state index in [0.29, 0.717) is 41.7 Å². The zero-order valence-corrected chi connectivity index (χ0v) is 18.3. The summed E-state index contributed by atoms with van der Waals surface area (Å²) in [6.45, 7) is 0.625. The Morgan fingerprint density at radius 2 is 1.97 bits per heavy atom. The molecule has 168 valence electrons. The largest absolute Gasteiger partial charge is 0.495 e. The van der Waals surface area contributed by atoms with Gasteiger partial charge in [-0.15, -0.1) is 0 Å². The van der Waals surface area contributed by atoms with Crippen molar-refractivity contribution in [3.8, 4) is 16.9 Å². The van der Waals surface area contributed by atoms with Crippen LogP contribution in [0.1, 0.15) is 26.3 Å². The molecule has 1 aliphatic rings. The first-order valence-corrected chi connectivity index (χ1v) is 10.4.